The van der Waals surface area contributed by atoms with E-state index in [4.69, 9.17) is 9.47 Å². The summed E-state index contributed by atoms with van der Waals surface area (Å²) in [7, 11) is 1.62. The molecule has 1 fully saturated rings. The molecule has 1 heterocycles. The van der Waals surface area contributed by atoms with Crippen LogP contribution in [0, 0.1) is 16.0 Å². The van der Waals surface area contributed by atoms with Crippen molar-refractivity contribution in [3.8, 4) is 11.5 Å². The van der Waals surface area contributed by atoms with Crippen molar-refractivity contribution in [2.75, 3.05) is 31.7 Å². The molecule has 0 bridgehead atoms. The molecule has 8 heteroatoms. The smallest absolute Gasteiger partial charge is 0.292 e. The number of nitrogens with one attached hydrogen (secondary N) is 1. The van der Waals surface area contributed by atoms with Crippen LogP contribution >= 0.6 is 0 Å². The lowest BCUT2D eigenvalue weighted by Crippen LogP contribution is -2.41. The van der Waals surface area contributed by atoms with Gasteiger partial charge in [0, 0.05) is 25.1 Å². The third-order valence-corrected chi connectivity index (χ3v) is 6.34. The standard InChI is InChI=1S/C26H35N3O5/c1-4-5-8-17-34-24-12-11-21(18-25(24)33-3)19(2)27-26(30)20-13-15-28(16-14-20)22-9-6-7-10-23(22)29(31)32/h6-7,9-12,18-20H,4-5,8,13-17H2,1-3H3,(H,27,30). The van der Waals surface area contributed by atoms with E-state index >= 15 is 0 Å². The van der Waals surface area contributed by atoms with E-state index in [-0.39, 0.29) is 28.5 Å². The Labute approximate surface area is 201 Å². The third-order valence-electron chi connectivity index (χ3n) is 6.34. The minimum absolute atomic E-state index is 0.00794. The first-order chi connectivity index (χ1) is 16.4. The Morgan fingerprint density at radius 3 is 2.59 bits per heavy atom. The number of nitro benzene ring substituents is 1. The summed E-state index contributed by atoms with van der Waals surface area (Å²) >= 11 is 0. The van der Waals surface area contributed by atoms with Gasteiger partial charge in [-0.05, 0) is 49.9 Å². The van der Waals surface area contributed by atoms with Gasteiger partial charge in [0.05, 0.1) is 24.7 Å². The number of para-hydroxylation sites is 2. The molecule has 1 saturated heterocycles. The number of rotatable bonds is 11. The Bertz CT molecular complexity index is 973. The molecular weight excluding hydrogens is 434 g/mol. The largest absolute Gasteiger partial charge is 0.493 e. The van der Waals surface area contributed by atoms with Gasteiger partial charge < -0.3 is 19.7 Å². The van der Waals surface area contributed by atoms with Gasteiger partial charge in [0.2, 0.25) is 5.91 Å². The van der Waals surface area contributed by atoms with E-state index in [2.05, 4.69) is 12.2 Å². The number of benzene rings is 2. The van der Waals surface area contributed by atoms with Crippen molar-refractivity contribution in [3.63, 3.8) is 0 Å². The van der Waals surface area contributed by atoms with Crippen LogP contribution in [0.4, 0.5) is 11.4 Å². The average molecular weight is 470 g/mol. The summed E-state index contributed by atoms with van der Waals surface area (Å²) in [5.41, 5.74) is 1.66. The number of hydrogen-bond donors (Lipinski definition) is 1. The predicted molar refractivity (Wildman–Crippen MR) is 133 cm³/mol. The lowest BCUT2D eigenvalue weighted by atomic mass is 9.94. The van der Waals surface area contributed by atoms with Crippen molar-refractivity contribution >= 4 is 17.3 Å². The van der Waals surface area contributed by atoms with Crippen molar-refractivity contribution < 1.29 is 19.2 Å². The van der Waals surface area contributed by atoms with Crippen LogP contribution in [0.25, 0.3) is 0 Å². The van der Waals surface area contributed by atoms with Crippen LogP contribution in [0.5, 0.6) is 11.5 Å². The molecule has 1 amide bonds. The van der Waals surface area contributed by atoms with Gasteiger partial charge in [0.25, 0.3) is 5.69 Å². The molecule has 1 unspecified atom stereocenters. The molecule has 1 N–H and O–H groups in total. The molecule has 34 heavy (non-hydrogen) atoms. The first-order valence-corrected chi connectivity index (χ1v) is 12.0. The summed E-state index contributed by atoms with van der Waals surface area (Å²) in [5.74, 6) is 1.26. The number of methoxy groups -OCH3 is 1. The van der Waals surface area contributed by atoms with Crippen molar-refractivity contribution in [2.45, 2.75) is 52.0 Å². The van der Waals surface area contributed by atoms with Gasteiger partial charge >= 0.3 is 0 Å². The second kappa shape index (κ2) is 12.3. The monoisotopic (exact) mass is 469 g/mol. The highest BCUT2D eigenvalue weighted by Crippen LogP contribution is 2.33. The molecule has 0 radical (unpaired) electrons. The molecule has 0 aromatic heterocycles. The average Bonchev–Trinajstić information content (AvgIpc) is 2.86. The van der Waals surface area contributed by atoms with Gasteiger partial charge in [-0.15, -0.1) is 0 Å². The highest BCUT2D eigenvalue weighted by Gasteiger charge is 2.28. The summed E-state index contributed by atoms with van der Waals surface area (Å²) in [6, 6.07) is 12.4. The van der Waals surface area contributed by atoms with Gasteiger partial charge in [0.15, 0.2) is 11.5 Å². The van der Waals surface area contributed by atoms with Crippen LogP contribution in [0.3, 0.4) is 0 Å². The zero-order valence-corrected chi connectivity index (χ0v) is 20.3. The minimum atomic E-state index is -0.356. The van der Waals surface area contributed by atoms with E-state index in [0.29, 0.717) is 49.7 Å². The first-order valence-electron chi connectivity index (χ1n) is 12.0. The van der Waals surface area contributed by atoms with Crippen LogP contribution < -0.4 is 19.7 Å². The lowest BCUT2D eigenvalue weighted by Gasteiger charge is -2.33. The van der Waals surface area contributed by atoms with E-state index in [1.165, 1.54) is 6.07 Å². The van der Waals surface area contributed by atoms with Gasteiger partial charge in [-0.2, -0.15) is 0 Å². The maximum Gasteiger partial charge on any atom is 0.292 e. The van der Waals surface area contributed by atoms with Gasteiger partial charge in [-0.1, -0.05) is 38.0 Å². The molecule has 0 saturated carbocycles. The van der Waals surface area contributed by atoms with Crippen LogP contribution in [0.1, 0.15) is 57.6 Å². The topological polar surface area (TPSA) is 93.9 Å². The molecule has 0 spiro atoms. The number of amides is 1. The van der Waals surface area contributed by atoms with Crippen molar-refractivity contribution in [3.05, 3.63) is 58.1 Å². The molecule has 1 atom stereocenters. The Morgan fingerprint density at radius 1 is 1.18 bits per heavy atom. The van der Waals surface area contributed by atoms with Crippen LogP contribution in [0.15, 0.2) is 42.5 Å². The maximum atomic E-state index is 12.9. The quantitative estimate of drug-likeness (QED) is 0.274. The van der Waals surface area contributed by atoms with Crippen molar-refractivity contribution in [2.24, 2.45) is 5.92 Å². The van der Waals surface area contributed by atoms with Crippen molar-refractivity contribution in [1.82, 2.24) is 5.32 Å². The second-order valence-electron chi connectivity index (χ2n) is 8.70. The second-order valence-corrected chi connectivity index (χ2v) is 8.70. The van der Waals surface area contributed by atoms with E-state index in [0.717, 1.165) is 24.8 Å². The summed E-state index contributed by atoms with van der Waals surface area (Å²) in [5, 5.41) is 14.5. The number of piperidine rings is 1. The number of hydrogen-bond acceptors (Lipinski definition) is 6. The summed E-state index contributed by atoms with van der Waals surface area (Å²) in [6.07, 6.45) is 4.58. The van der Waals surface area contributed by atoms with Gasteiger partial charge in [-0.25, -0.2) is 0 Å². The van der Waals surface area contributed by atoms with Gasteiger partial charge in [-0.3, -0.25) is 14.9 Å². The van der Waals surface area contributed by atoms with Crippen LogP contribution in [0.2, 0.25) is 0 Å². The number of nitro groups is 1. The zero-order chi connectivity index (χ0) is 24.5. The number of nitrogens with zero attached hydrogens (tertiary/aromatic N) is 2. The predicted octanol–water partition coefficient (Wildman–Crippen LogP) is 5.27. The number of carbonyl (C=O) groups excluding carboxylic acids is 1. The molecule has 2 aromatic carbocycles. The normalized spacial score (nSPS) is 15.0. The molecule has 8 nitrogen and oxygen atoms in total. The third kappa shape index (κ3) is 6.40. The molecule has 1 aliphatic heterocycles. The lowest BCUT2D eigenvalue weighted by molar-refractivity contribution is -0.384. The van der Waals surface area contributed by atoms with Gasteiger partial charge in [0.1, 0.15) is 5.69 Å². The summed E-state index contributed by atoms with van der Waals surface area (Å²) in [4.78, 5) is 25.9. The van der Waals surface area contributed by atoms with E-state index in [1.54, 1.807) is 25.3 Å². The Morgan fingerprint density at radius 2 is 1.91 bits per heavy atom. The summed E-state index contributed by atoms with van der Waals surface area (Å²) < 4.78 is 11.4. The van der Waals surface area contributed by atoms with Crippen LogP contribution in [-0.2, 0) is 4.79 Å². The Balaban J connectivity index is 1.55. The summed E-state index contributed by atoms with van der Waals surface area (Å²) in [6.45, 7) is 5.98. The van der Waals surface area contributed by atoms with E-state index < -0.39 is 0 Å². The molecule has 2 aromatic rings. The number of unbranched alkanes of at least 4 members (excludes halogenated alkanes) is 2. The van der Waals surface area contributed by atoms with E-state index in [9.17, 15) is 14.9 Å². The maximum absolute atomic E-state index is 12.9. The zero-order valence-electron chi connectivity index (χ0n) is 20.3. The Kier molecular flexibility index (Phi) is 9.13. The molecule has 0 aliphatic carbocycles. The highest BCUT2D eigenvalue weighted by molar-refractivity contribution is 5.79. The Hall–Kier alpha value is -3.29. The number of ether oxygens (including phenoxy) is 2. The van der Waals surface area contributed by atoms with Crippen molar-refractivity contribution in [1.29, 1.82) is 0 Å². The fraction of sp³-hybridized carbons (Fsp3) is 0.500. The fourth-order valence-electron chi connectivity index (χ4n) is 4.29. The molecule has 1 aliphatic rings. The number of anilines is 1. The van der Waals surface area contributed by atoms with E-state index in [1.807, 2.05) is 30.0 Å². The first kappa shape index (κ1) is 25.3. The number of carbonyl (C=O) groups is 1. The fourth-order valence-corrected chi connectivity index (χ4v) is 4.29. The highest BCUT2D eigenvalue weighted by atomic mass is 16.6. The SMILES string of the molecule is CCCCCOc1ccc(C(C)NC(=O)C2CCN(c3ccccc3[N+](=O)[O-])CC2)cc1OC. The minimum Gasteiger partial charge on any atom is -0.493 e. The molecule has 3 rings (SSSR count). The molecule has 184 valence electrons. The van der Waals surface area contributed by atoms with Crippen LogP contribution in [-0.4, -0.2) is 37.6 Å². The molecular formula is C26H35N3O5.